The molecule has 2 aromatic carbocycles. The molecule has 0 amide bonds. The molecule has 3 rings (SSSR count). The van der Waals surface area contributed by atoms with Crippen molar-refractivity contribution in [1.82, 2.24) is 0 Å². The molecule has 5 nitrogen and oxygen atoms in total. The van der Waals surface area contributed by atoms with E-state index in [1.807, 2.05) is 42.5 Å². The molecule has 2 aromatic rings. The zero-order valence-electron chi connectivity index (χ0n) is 15.4. The van der Waals surface area contributed by atoms with Gasteiger partial charge in [-0.3, -0.25) is 0 Å². The standard InChI is InChI=1S/C21H27NO4/c1-23-19-12-17(21(22)16-8-10-25-11-9-16)18(13-20(19)24-2)26-14-15-6-4-3-5-7-15/h3-7,12-13,16,21H,8-11,14,22H2,1-2H3/t21-/m0/s1. The molecule has 1 heterocycles. The third-order valence-electron chi connectivity index (χ3n) is 4.89. The molecule has 26 heavy (non-hydrogen) atoms. The predicted octanol–water partition coefficient (Wildman–Crippen LogP) is 3.71. The van der Waals surface area contributed by atoms with Crippen molar-refractivity contribution in [1.29, 1.82) is 0 Å². The number of ether oxygens (including phenoxy) is 4. The maximum atomic E-state index is 6.62. The summed E-state index contributed by atoms with van der Waals surface area (Å²) in [5.74, 6) is 2.40. The molecule has 0 aliphatic carbocycles. The molecule has 1 atom stereocenters. The van der Waals surface area contributed by atoms with Crippen LogP contribution in [0.15, 0.2) is 42.5 Å². The number of hydrogen-bond donors (Lipinski definition) is 1. The highest BCUT2D eigenvalue weighted by Gasteiger charge is 2.26. The Morgan fingerprint density at radius 3 is 2.31 bits per heavy atom. The molecule has 0 unspecified atom stereocenters. The fourth-order valence-corrected chi connectivity index (χ4v) is 3.33. The fourth-order valence-electron chi connectivity index (χ4n) is 3.33. The Morgan fingerprint density at radius 1 is 1.00 bits per heavy atom. The largest absolute Gasteiger partial charge is 0.493 e. The fraction of sp³-hybridized carbons (Fsp3) is 0.429. The summed E-state index contributed by atoms with van der Waals surface area (Å²) in [5, 5.41) is 0. The van der Waals surface area contributed by atoms with E-state index in [0.29, 0.717) is 24.0 Å². The van der Waals surface area contributed by atoms with E-state index in [2.05, 4.69) is 0 Å². The predicted molar refractivity (Wildman–Crippen MR) is 101 cm³/mol. The van der Waals surface area contributed by atoms with Crippen molar-refractivity contribution in [3.63, 3.8) is 0 Å². The van der Waals surface area contributed by atoms with Gasteiger partial charge in [-0.25, -0.2) is 0 Å². The lowest BCUT2D eigenvalue weighted by molar-refractivity contribution is 0.0579. The van der Waals surface area contributed by atoms with E-state index in [0.717, 1.165) is 42.9 Å². The number of benzene rings is 2. The lowest BCUT2D eigenvalue weighted by atomic mass is 9.87. The normalized spacial score (nSPS) is 16.1. The van der Waals surface area contributed by atoms with Crippen LogP contribution in [-0.2, 0) is 11.3 Å². The summed E-state index contributed by atoms with van der Waals surface area (Å²) in [5.41, 5.74) is 8.68. The Labute approximate surface area is 155 Å². The van der Waals surface area contributed by atoms with E-state index >= 15 is 0 Å². The molecular formula is C21H27NO4. The second kappa shape index (κ2) is 8.92. The van der Waals surface area contributed by atoms with Gasteiger partial charge in [0.25, 0.3) is 0 Å². The second-order valence-corrected chi connectivity index (χ2v) is 6.49. The SMILES string of the molecule is COc1cc(OCc2ccccc2)c([C@@H](N)C2CCOCC2)cc1OC. The molecule has 1 fully saturated rings. The number of methoxy groups -OCH3 is 2. The second-order valence-electron chi connectivity index (χ2n) is 6.49. The Kier molecular flexibility index (Phi) is 6.36. The Balaban J connectivity index is 1.88. The molecular weight excluding hydrogens is 330 g/mol. The van der Waals surface area contributed by atoms with Gasteiger partial charge in [0, 0.05) is 30.9 Å². The van der Waals surface area contributed by atoms with Gasteiger partial charge in [-0.15, -0.1) is 0 Å². The van der Waals surface area contributed by atoms with E-state index in [4.69, 9.17) is 24.7 Å². The van der Waals surface area contributed by atoms with Gasteiger partial charge in [-0.2, -0.15) is 0 Å². The summed E-state index contributed by atoms with van der Waals surface area (Å²) in [6, 6.07) is 13.8. The molecule has 1 aliphatic heterocycles. The molecule has 140 valence electrons. The number of rotatable bonds is 7. The van der Waals surface area contributed by atoms with Crippen molar-refractivity contribution in [2.45, 2.75) is 25.5 Å². The van der Waals surface area contributed by atoms with Gasteiger partial charge in [0.15, 0.2) is 11.5 Å². The summed E-state index contributed by atoms with van der Waals surface area (Å²) < 4.78 is 22.5. The summed E-state index contributed by atoms with van der Waals surface area (Å²) >= 11 is 0. The molecule has 2 N–H and O–H groups in total. The third-order valence-corrected chi connectivity index (χ3v) is 4.89. The van der Waals surface area contributed by atoms with Crippen LogP contribution in [0.1, 0.15) is 30.0 Å². The zero-order valence-corrected chi connectivity index (χ0v) is 15.4. The van der Waals surface area contributed by atoms with Crippen molar-refractivity contribution in [2.24, 2.45) is 11.7 Å². The monoisotopic (exact) mass is 357 g/mol. The summed E-state index contributed by atoms with van der Waals surface area (Å²) in [4.78, 5) is 0. The van der Waals surface area contributed by atoms with Gasteiger partial charge in [-0.05, 0) is 30.4 Å². The maximum Gasteiger partial charge on any atom is 0.164 e. The van der Waals surface area contributed by atoms with Crippen LogP contribution in [0.5, 0.6) is 17.2 Å². The Morgan fingerprint density at radius 2 is 1.65 bits per heavy atom. The first kappa shape index (κ1) is 18.5. The van der Waals surface area contributed by atoms with Crippen LogP contribution in [0.25, 0.3) is 0 Å². The average molecular weight is 357 g/mol. The number of hydrogen-bond acceptors (Lipinski definition) is 5. The van der Waals surface area contributed by atoms with Crippen molar-refractivity contribution < 1.29 is 18.9 Å². The zero-order chi connectivity index (χ0) is 18.4. The van der Waals surface area contributed by atoms with E-state index in [9.17, 15) is 0 Å². The molecule has 0 radical (unpaired) electrons. The topological polar surface area (TPSA) is 62.9 Å². The van der Waals surface area contributed by atoms with Crippen LogP contribution in [0.2, 0.25) is 0 Å². The molecule has 1 aliphatic rings. The van der Waals surface area contributed by atoms with Crippen molar-refractivity contribution >= 4 is 0 Å². The summed E-state index contributed by atoms with van der Waals surface area (Å²) in [6.07, 6.45) is 1.90. The van der Waals surface area contributed by atoms with Crippen molar-refractivity contribution in [2.75, 3.05) is 27.4 Å². The van der Waals surface area contributed by atoms with Crippen LogP contribution < -0.4 is 19.9 Å². The van der Waals surface area contributed by atoms with Gasteiger partial charge < -0.3 is 24.7 Å². The smallest absolute Gasteiger partial charge is 0.164 e. The molecule has 5 heteroatoms. The first-order valence-corrected chi connectivity index (χ1v) is 8.99. The highest BCUT2D eigenvalue weighted by atomic mass is 16.5. The minimum absolute atomic E-state index is 0.135. The van der Waals surface area contributed by atoms with Gasteiger partial charge in [0.1, 0.15) is 12.4 Å². The van der Waals surface area contributed by atoms with E-state index in [1.54, 1.807) is 14.2 Å². The third kappa shape index (κ3) is 4.29. The van der Waals surface area contributed by atoms with Gasteiger partial charge >= 0.3 is 0 Å². The first-order valence-electron chi connectivity index (χ1n) is 8.99. The van der Waals surface area contributed by atoms with Crippen molar-refractivity contribution in [3.8, 4) is 17.2 Å². The lowest BCUT2D eigenvalue weighted by Crippen LogP contribution is -2.28. The van der Waals surface area contributed by atoms with E-state index in [-0.39, 0.29) is 6.04 Å². The Hall–Kier alpha value is -2.24. The molecule has 0 saturated carbocycles. The highest BCUT2D eigenvalue weighted by molar-refractivity contribution is 5.52. The first-order chi connectivity index (χ1) is 12.7. The van der Waals surface area contributed by atoms with Crippen LogP contribution in [0.3, 0.4) is 0 Å². The molecule has 1 saturated heterocycles. The van der Waals surface area contributed by atoms with Gasteiger partial charge in [-0.1, -0.05) is 30.3 Å². The van der Waals surface area contributed by atoms with Crippen LogP contribution in [-0.4, -0.2) is 27.4 Å². The van der Waals surface area contributed by atoms with E-state index < -0.39 is 0 Å². The molecule has 0 bridgehead atoms. The lowest BCUT2D eigenvalue weighted by Gasteiger charge is -2.29. The Bertz CT molecular complexity index is 699. The molecule has 0 spiro atoms. The van der Waals surface area contributed by atoms with Gasteiger partial charge in [0.05, 0.1) is 14.2 Å². The average Bonchev–Trinajstić information content (AvgIpc) is 2.72. The van der Waals surface area contributed by atoms with Crippen molar-refractivity contribution in [3.05, 3.63) is 53.6 Å². The molecule has 0 aromatic heterocycles. The minimum Gasteiger partial charge on any atom is -0.493 e. The minimum atomic E-state index is -0.135. The van der Waals surface area contributed by atoms with Crippen LogP contribution in [0, 0.1) is 5.92 Å². The summed E-state index contributed by atoms with van der Waals surface area (Å²) in [7, 11) is 3.25. The highest BCUT2D eigenvalue weighted by Crippen LogP contribution is 2.40. The van der Waals surface area contributed by atoms with Gasteiger partial charge in [0.2, 0.25) is 0 Å². The quantitative estimate of drug-likeness (QED) is 0.818. The van der Waals surface area contributed by atoms with E-state index in [1.165, 1.54) is 0 Å². The van der Waals surface area contributed by atoms with Crippen LogP contribution in [0.4, 0.5) is 0 Å². The maximum absolute atomic E-state index is 6.62. The van der Waals surface area contributed by atoms with Crippen LogP contribution >= 0.6 is 0 Å². The summed E-state index contributed by atoms with van der Waals surface area (Å²) in [6.45, 7) is 1.99. The number of nitrogens with two attached hydrogens (primary N) is 1.